The van der Waals surface area contributed by atoms with E-state index in [2.05, 4.69) is 5.32 Å². The summed E-state index contributed by atoms with van der Waals surface area (Å²) in [4.78, 5) is 13.1. The topological polar surface area (TPSA) is 52.6 Å². The molecule has 2 N–H and O–H groups in total. The lowest BCUT2D eigenvalue weighted by molar-refractivity contribution is -0.139. The van der Waals surface area contributed by atoms with Gasteiger partial charge in [0.1, 0.15) is 6.04 Å². The van der Waals surface area contributed by atoms with Gasteiger partial charge in [-0.25, -0.2) is 4.79 Å². The maximum absolute atomic E-state index is 10.7. The van der Waals surface area contributed by atoms with Crippen LogP contribution < -0.4 is 5.32 Å². The molecule has 1 atom stereocenters. The van der Waals surface area contributed by atoms with Gasteiger partial charge in [-0.1, -0.05) is 24.4 Å². The fourth-order valence-corrected chi connectivity index (χ4v) is 1.58. The van der Waals surface area contributed by atoms with Crippen LogP contribution in [0.3, 0.4) is 0 Å². The molecule has 0 aromatic carbocycles. The second-order valence-corrected chi connectivity index (χ2v) is 3.26. The lowest BCUT2D eigenvalue weighted by atomic mass is 10.3. The van der Waals surface area contributed by atoms with Gasteiger partial charge in [-0.05, 0) is 7.05 Å². The van der Waals surface area contributed by atoms with Gasteiger partial charge in [0.05, 0.1) is 4.99 Å². The molecule has 5 heteroatoms. The summed E-state index contributed by atoms with van der Waals surface area (Å²) in [5, 5.41) is 11.7. The van der Waals surface area contributed by atoms with Gasteiger partial charge in [0, 0.05) is 13.1 Å². The van der Waals surface area contributed by atoms with E-state index < -0.39 is 12.0 Å². The first-order valence-electron chi connectivity index (χ1n) is 4.00. The van der Waals surface area contributed by atoms with Gasteiger partial charge in [-0.15, -0.1) is 0 Å². The lowest BCUT2D eigenvalue weighted by Crippen LogP contribution is -2.43. The first kappa shape index (κ1) is 10.1. The normalized spacial score (nSPS) is 20.7. The van der Waals surface area contributed by atoms with Crippen molar-refractivity contribution < 1.29 is 9.90 Å². The predicted molar refractivity (Wildman–Crippen MR) is 53.8 cm³/mol. The Labute approximate surface area is 82.2 Å². The molecule has 0 fully saturated rings. The molecule has 0 aromatic rings. The summed E-state index contributed by atoms with van der Waals surface area (Å²) in [5.41, 5.74) is 0. The minimum atomic E-state index is -0.854. The van der Waals surface area contributed by atoms with E-state index in [0.29, 0.717) is 18.1 Å². The van der Waals surface area contributed by atoms with Crippen molar-refractivity contribution in [1.29, 1.82) is 0 Å². The van der Waals surface area contributed by atoms with E-state index >= 15 is 0 Å². The number of likely N-dealkylation sites (N-methyl/N-ethyl adjacent to an activating group) is 1. The third kappa shape index (κ3) is 2.26. The van der Waals surface area contributed by atoms with E-state index in [1.54, 1.807) is 18.0 Å². The fraction of sp³-hybridized carbons (Fsp3) is 0.500. The Morgan fingerprint density at radius 1 is 1.85 bits per heavy atom. The number of carboxylic acid groups (broad SMARTS) is 1. The third-order valence-corrected chi connectivity index (χ3v) is 2.24. The molecule has 1 aliphatic heterocycles. The first-order valence-corrected chi connectivity index (χ1v) is 4.41. The third-order valence-electron chi connectivity index (χ3n) is 1.86. The summed E-state index contributed by atoms with van der Waals surface area (Å²) in [6.07, 6.45) is 3.48. The first-order chi connectivity index (χ1) is 6.16. The van der Waals surface area contributed by atoms with Crippen molar-refractivity contribution in [3.8, 4) is 0 Å². The van der Waals surface area contributed by atoms with Gasteiger partial charge >= 0.3 is 5.97 Å². The average Bonchev–Trinajstić information content (AvgIpc) is 2.52. The zero-order chi connectivity index (χ0) is 9.84. The van der Waals surface area contributed by atoms with Crippen molar-refractivity contribution in [3.63, 3.8) is 0 Å². The monoisotopic (exact) mass is 200 g/mol. The minimum Gasteiger partial charge on any atom is -0.479 e. The van der Waals surface area contributed by atoms with Crippen LogP contribution >= 0.6 is 12.2 Å². The second kappa shape index (κ2) is 4.34. The molecule has 0 saturated heterocycles. The molecule has 72 valence electrons. The number of carboxylic acids is 1. The molecule has 0 bridgehead atoms. The summed E-state index contributed by atoms with van der Waals surface area (Å²) in [6, 6.07) is -0.583. The van der Waals surface area contributed by atoms with Crippen LogP contribution in [0.4, 0.5) is 0 Å². The Morgan fingerprint density at radius 2 is 2.54 bits per heavy atom. The molecule has 1 heterocycles. The minimum absolute atomic E-state index is 0.542. The van der Waals surface area contributed by atoms with Crippen molar-refractivity contribution in [3.05, 3.63) is 12.2 Å². The number of nitrogens with one attached hydrogen (secondary N) is 1. The lowest BCUT2D eigenvalue weighted by Gasteiger charge is -2.23. The molecule has 13 heavy (non-hydrogen) atoms. The maximum Gasteiger partial charge on any atom is 0.330 e. The number of rotatable bonds is 3. The molecule has 1 rings (SSSR count). The van der Waals surface area contributed by atoms with Gasteiger partial charge in [0.15, 0.2) is 0 Å². The number of thiocarbonyl (C=S) groups is 1. The van der Waals surface area contributed by atoms with E-state index in [0.717, 1.165) is 0 Å². The molecule has 4 nitrogen and oxygen atoms in total. The molecule has 1 unspecified atom stereocenters. The summed E-state index contributed by atoms with van der Waals surface area (Å²) in [5.74, 6) is -0.854. The zero-order valence-corrected chi connectivity index (χ0v) is 8.17. The molecule has 0 radical (unpaired) electrons. The summed E-state index contributed by atoms with van der Waals surface area (Å²) in [6.45, 7) is 1.14. The Kier molecular flexibility index (Phi) is 3.39. The highest BCUT2D eigenvalue weighted by atomic mass is 32.1. The fourth-order valence-electron chi connectivity index (χ4n) is 1.25. The van der Waals surface area contributed by atoms with Crippen LogP contribution in [0.15, 0.2) is 12.2 Å². The van der Waals surface area contributed by atoms with E-state index in [-0.39, 0.29) is 0 Å². The maximum atomic E-state index is 10.7. The van der Waals surface area contributed by atoms with Crippen LogP contribution in [0.2, 0.25) is 0 Å². The van der Waals surface area contributed by atoms with Crippen LogP contribution in [0.25, 0.3) is 0 Å². The van der Waals surface area contributed by atoms with Crippen molar-refractivity contribution >= 4 is 23.2 Å². The van der Waals surface area contributed by atoms with E-state index in [4.69, 9.17) is 17.3 Å². The molecule has 0 aromatic heterocycles. The Hall–Kier alpha value is -0.940. The van der Waals surface area contributed by atoms with Crippen LogP contribution in [-0.4, -0.2) is 47.1 Å². The van der Waals surface area contributed by atoms with Gasteiger partial charge in [-0.2, -0.15) is 0 Å². The Balaban J connectivity index is 2.61. The smallest absolute Gasteiger partial charge is 0.330 e. The molecule has 0 amide bonds. The summed E-state index contributed by atoms with van der Waals surface area (Å²) >= 11 is 5.07. The standard InChI is InChI=1S/C8H12N2O2S/c1-9-5-7(13)10-4-2-3-6(10)8(11)12/h2-3,6,9H,4-5H2,1H3,(H,11,12). The number of nitrogens with zero attached hydrogens (tertiary/aromatic N) is 1. The quantitative estimate of drug-likeness (QED) is 0.490. The molecule has 0 aliphatic carbocycles. The van der Waals surface area contributed by atoms with Crippen LogP contribution in [0.1, 0.15) is 0 Å². The highest BCUT2D eigenvalue weighted by Crippen LogP contribution is 2.10. The summed E-state index contributed by atoms with van der Waals surface area (Å²) in [7, 11) is 1.78. The molecular formula is C8H12N2O2S. The Morgan fingerprint density at radius 3 is 3.08 bits per heavy atom. The molecular weight excluding hydrogens is 188 g/mol. The van der Waals surface area contributed by atoms with E-state index in [9.17, 15) is 4.79 Å². The molecule has 1 aliphatic rings. The van der Waals surface area contributed by atoms with Gasteiger partial charge in [-0.3, -0.25) is 0 Å². The second-order valence-electron chi connectivity index (χ2n) is 2.79. The SMILES string of the molecule is CNCC(=S)N1CC=CC1C(=O)O. The van der Waals surface area contributed by atoms with Crippen LogP contribution in [-0.2, 0) is 4.79 Å². The highest BCUT2D eigenvalue weighted by Gasteiger charge is 2.27. The van der Waals surface area contributed by atoms with Crippen molar-refractivity contribution in [2.45, 2.75) is 6.04 Å². The summed E-state index contributed by atoms with van der Waals surface area (Å²) < 4.78 is 0. The number of aliphatic carboxylic acids is 1. The van der Waals surface area contributed by atoms with Gasteiger partial charge in [0.25, 0.3) is 0 Å². The molecule has 0 spiro atoms. The van der Waals surface area contributed by atoms with E-state index in [1.807, 2.05) is 6.08 Å². The largest absolute Gasteiger partial charge is 0.479 e. The highest BCUT2D eigenvalue weighted by molar-refractivity contribution is 7.80. The van der Waals surface area contributed by atoms with E-state index in [1.165, 1.54) is 0 Å². The van der Waals surface area contributed by atoms with Crippen LogP contribution in [0.5, 0.6) is 0 Å². The average molecular weight is 200 g/mol. The molecule has 0 saturated carbocycles. The number of carbonyl (C=O) groups is 1. The number of hydrogen-bond acceptors (Lipinski definition) is 3. The van der Waals surface area contributed by atoms with Crippen LogP contribution in [0, 0.1) is 0 Å². The van der Waals surface area contributed by atoms with Crippen molar-refractivity contribution in [2.75, 3.05) is 20.1 Å². The zero-order valence-electron chi connectivity index (χ0n) is 7.36. The Bertz CT molecular complexity index is 253. The van der Waals surface area contributed by atoms with Gasteiger partial charge in [0.2, 0.25) is 0 Å². The van der Waals surface area contributed by atoms with Crippen molar-refractivity contribution in [1.82, 2.24) is 10.2 Å². The number of hydrogen-bond donors (Lipinski definition) is 2. The van der Waals surface area contributed by atoms with Crippen molar-refractivity contribution in [2.24, 2.45) is 0 Å². The predicted octanol–water partition coefficient (Wildman–Crippen LogP) is -0.142. The van der Waals surface area contributed by atoms with Gasteiger partial charge < -0.3 is 15.3 Å².